The first kappa shape index (κ1) is 78.7. The second kappa shape index (κ2) is 34.6. The molecular formula is C68H86O36. The van der Waals surface area contributed by atoms with E-state index in [1.165, 1.54) is 93.3 Å². The summed E-state index contributed by atoms with van der Waals surface area (Å²) in [5.41, 5.74) is 1.71. The number of esters is 2. The number of hydrogen-bond donors (Lipinski definition) is 14. The summed E-state index contributed by atoms with van der Waals surface area (Å²) < 4.78 is 116. The topological polar surface area (TPSA) is 502 Å². The lowest BCUT2D eigenvalue weighted by Gasteiger charge is -2.46. The third-order valence-corrected chi connectivity index (χ3v) is 18.5. The number of hydrogen-bond acceptors (Lipinski definition) is 36. The Kier molecular flexibility index (Phi) is 26.1. The van der Waals surface area contributed by atoms with Crippen LogP contribution in [0.1, 0.15) is 34.5 Å². The zero-order valence-electron chi connectivity index (χ0n) is 57.3. The first-order chi connectivity index (χ1) is 49.9. The molecule has 0 bridgehead atoms. The summed E-state index contributed by atoms with van der Waals surface area (Å²) in [7, 11) is 10.5. The zero-order chi connectivity index (χ0) is 75.1. The lowest BCUT2D eigenvalue weighted by atomic mass is 9.84. The van der Waals surface area contributed by atoms with E-state index in [-0.39, 0.29) is 94.0 Å². The normalized spacial score (nSPS) is 33.4. The quantitative estimate of drug-likeness (QED) is 0.0211. The van der Waals surface area contributed by atoms with E-state index >= 15 is 0 Å². The average molecular weight is 1480 g/mol. The van der Waals surface area contributed by atoms with E-state index < -0.39 is 173 Å². The highest BCUT2D eigenvalue weighted by molar-refractivity contribution is 5.88. The van der Waals surface area contributed by atoms with Crippen LogP contribution in [0, 0.1) is 11.8 Å². The summed E-state index contributed by atoms with van der Waals surface area (Å²) in [4.78, 5) is 26.6. The molecule has 0 unspecified atom stereocenters. The van der Waals surface area contributed by atoms with Gasteiger partial charge in [0.2, 0.25) is 35.6 Å². The number of ether oxygens (including phenoxy) is 20. The predicted octanol–water partition coefficient (Wildman–Crippen LogP) is -2.22. The van der Waals surface area contributed by atoms with Crippen LogP contribution in [0.5, 0.6) is 69.0 Å². The van der Waals surface area contributed by atoms with Crippen molar-refractivity contribution < 1.29 is 176 Å². The van der Waals surface area contributed by atoms with Gasteiger partial charge in [0.05, 0.1) is 95.5 Å². The smallest absolute Gasteiger partial charge is 0.330 e. The van der Waals surface area contributed by atoms with Crippen molar-refractivity contribution in [1.29, 1.82) is 0 Å². The lowest BCUT2D eigenvalue weighted by molar-refractivity contribution is -0.352. The van der Waals surface area contributed by atoms with Crippen molar-refractivity contribution in [3.05, 3.63) is 82.9 Å². The Morgan fingerprint density at radius 3 is 0.990 bits per heavy atom. The van der Waals surface area contributed by atoms with Gasteiger partial charge in [0.1, 0.15) is 111 Å². The molecule has 6 aliphatic rings. The van der Waals surface area contributed by atoms with E-state index in [0.29, 0.717) is 22.3 Å². The molecule has 6 saturated heterocycles. The molecule has 104 heavy (non-hydrogen) atoms. The Balaban J connectivity index is 0.852. The molecule has 24 atom stereocenters. The van der Waals surface area contributed by atoms with Crippen LogP contribution in [0.3, 0.4) is 0 Å². The van der Waals surface area contributed by atoms with E-state index in [1.807, 2.05) is 0 Å². The number of benzene rings is 4. The molecule has 0 aromatic heterocycles. The second-order valence-electron chi connectivity index (χ2n) is 24.7. The van der Waals surface area contributed by atoms with E-state index in [4.69, 9.17) is 94.7 Å². The Labute approximate surface area is 593 Å². The minimum atomic E-state index is -2.01. The van der Waals surface area contributed by atoms with Crippen molar-refractivity contribution in [3.8, 4) is 69.0 Å². The minimum absolute atomic E-state index is 0.0127. The van der Waals surface area contributed by atoms with Crippen LogP contribution in [0.2, 0.25) is 0 Å². The summed E-state index contributed by atoms with van der Waals surface area (Å²) in [5, 5.41) is 151. The van der Waals surface area contributed by atoms with E-state index in [0.717, 1.165) is 12.2 Å². The number of methoxy groups -OCH3 is 8. The van der Waals surface area contributed by atoms with Gasteiger partial charge in [-0.15, -0.1) is 0 Å². The van der Waals surface area contributed by atoms with Crippen molar-refractivity contribution in [2.75, 3.05) is 96.5 Å². The molecule has 574 valence electrons. The Morgan fingerprint density at radius 2 is 0.692 bits per heavy atom. The Morgan fingerprint density at radius 1 is 0.394 bits per heavy atom. The SMILES string of the molecule is COc1cc(/C=C/C(=O)OC[C@H]2O[C@@H](Oc3c(OC)cc([C@H]4OC[C@H]5[C@@H]4CO[C@@H]5c4cc(OC)c(O[C@@H]5O[C@H](COC(=O)/C=C/c6cc(OC)c(O)c(OC)c6)[C@@H](O[C@@H]6O[C@H](CO)[C@@H](O)[C@H](O)[C@H]6O)[C@H](O)[C@H]5O)c(OC)c4)cc3OC)[C@H](O)[C@@H](O)[C@@H]2O[C@@H]2O[C@H](CO)[C@@H](O)[C@H](O)[C@H]2O)cc(OC)c1O. The molecule has 6 aliphatic heterocycles. The van der Waals surface area contributed by atoms with Gasteiger partial charge in [-0.2, -0.15) is 0 Å². The molecule has 0 amide bonds. The first-order valence-electron chi connectivity index (χ1n) is 32.5. The summed E-state index contributed by atoms with van der Waals surface area (Å²) in [5.74, 6) is -3.35. The second-order valence-corrected chi connectivity index (χ2v) is 24.7. The molecule has 6 heterocycles. The van der Waals surface area contributed by atoms with Crippen molar-refractivity contribution in [2.24, 2.45) is 11.8 Å². The van der Waals surface area contributed by atoms with Crippen LogP contribution in [-0.4, -0.2) is 303 Å². The summed E-state index contributed by atoms with van der Waals surface area (Å²) in [6.07, 6.45) is -33.1. The third-order valence-electron chi connectivity index (χ3n) is 18.5. The minimum Gasteiger partial charge on any atom is -0.502 e. The molecule has 0 aliphatic carbocycles. The van der Waals surface area contributed by atoms with Crippen LogP contribution < -0.4 is 47.4 Å². The number of phenols is 2. The van der Waals surface area contributed by atoms with Gasteiger partial charge in [-0.05, 0) is 82.9 Å². The standard InChI is InChI=1S/C68H86O36/c1-85-33-13-27(14-34(86-2)47(33)73)9-11-45(71)93-25-43-63(103-65-55(81)51(77)49(75)41(21-69)97-65)53(79)57(83)67(99-43)101-61-37(89-5)17-29(18-38(61)90-6)59-31-23-96-60(32(31)24-95-59)30-19-39(91-7)62(40(20-30)92-8)102-68-58(84)54(80)64(104-66-56(82)52(78)50(76)42(22-70)98-66)44(100-68)26-94-46(72)12-10-28-15-35(87-3)48(74)36(16-28)88-4/h9-20,31-32,41-44,49-60,63-70,73-84H,21-26H2,1-8H3/b11-9+,12-10+/t31-,32-,41+,42+,43+,44+,49+,50+,51-,52-,53+,54+,55+,56+,57+,58+,59+,60+,63+,64+,65-,66-,67-,68-/m0/s1. The maximum Gasteiger partial charge on any atom is 0.330 e. The summed E-state index contributed by atoms with van der Waals surface area (Å²) >= 11 is 0. The van der Waals surface area contributed by atoms with E-state index in [2.05, 4.69) is 0 Å². The highest BCUT2D eigenvalue weighted by Crippen LogP contribution is 2.55. The fraction of sp³-hybridized carbons (Fsp3) is 0.559. The maximum atomic E-state index is 13.3. The van der Waals surface area contributed by atoms with Gasteiger partial charge in [-0.25, -0.2) is 9.59 Å². The van der Waals surface area contributed by atoms with E-state index in [9.17, 15) is 81.1 Å². The number of rotatable bonds is 28. The van der Waals surface area contributed by atoms with Crippen molar-refractivity contribution in [1.82, 2.24) is 0 Å². The van der Waals surface area contributed by atoms with E-state index in [1.54, 1.807) is 24.3 Å². The van der Waals surface area contributed by atoms with Crippen molar-refractivity contribution >= 4 is 24.1 Å². The number of aliphatic hydroxyl groups is 12. The van der Waals surface area contributed by atoms with Crippen LogP contribution in [-0.2, 0) is 57.0 Å². The molecule has 36 heteroatoms. The van der Waals surface area contributed by atoms with Gasteiger partial charge in [0.25, 0.3) is 0 Å². The van der Waals surface area contributed by atoms with Crippen molar-refractivity contribution in [3.63, 3.8) is 0 Å². The monoisotopic (exact) mass is 1480 g/mol. The number of phenolic OH excluding ortho intramolecular Hbond substituents is 2. The Bertz CT molecular complexity index is 3290. The molecular weight excluding hydrogens is 1390 g/mol. The van der Waals surface area contributed by atoms with Crippen LogP contribution in [0.4, 0.5) is 0 Å². The van der Waals surface area contributed by atoms with Gasteiger partial charge in [-0.3, -0.25) is 0 Å². The molecule has 4 aromatic carbocycles. The molecule has 6 fully saturated rings. The number of aromatic hydroxyl groups is 2. The highest BCUT2D eigenvalue weighted by atomic mass is 16.8. The van der Waals surface area contributed by atoms with Gasteiger partial charge in [0, 0.05) is 24.0 Å². The summed E-state index contributed by atoms with van der Waals surface area (Å²) in [6.45, 7) is -2.88. The van der Waals surface area contributed by atoms with Gasteiger partial charge in [-0.1, -0.05) is 0 Å². The molecule has 0 spiro atoms. The van der Waals surface area contributed by atoms with Gasteiger partial charge in [0.15, 0.2) is 58.6 Å². The fourth-order valence-corrected chi connectivity index (χ4v) is 12.9. The van der Waals surface area contributed by atoms with Crippen molar-refractivity contribution in [2.45, 2.75) is 135 Å². The lowest BCUT2D eigenvalue weighted by Crippen LogP contribution is -2.65. The molecule has 14 N–H and O–H groups in total. The van der Waals surface area contributed by atoms with Crippen LogP contribution >= 0.6 is 0 Å². The third kappa shape index (κ3) is 16.5. The Hall–Kier alpha value is -7.90. The highest BCUT2D eigenvalue weighted by Gasteiger charge is 2.55. The number of carbonyl (C=O) groups excluding carboxylic acids is 2. The zero-order valence-corrected chi connectivity index (χ0v) is 57.3. The molecule has 0 radical (unpaired) electrons. The summed E-state index contributed by atoms with van der Waals surface area (Å²) in [6, 6.07) is 12.0. The van der Waals surface area contributed by atoms with Gasteiger partial charge >= 0.3 is 11.9 Å². The first-order valence-corrected chi connectivity index (χ1v) is 32.5. The predicted molar refractivity (Wildman–Crippen MR) is 346 cm³/mol. The number of carbonyl (C=O) groups is 2. The van der Waals surface area contributed by atoms with Crippen LogP contribution in [0.15, 0.2) is 60.7 Å². The fourth-order valence-electron chi connectivity index (χ4n) is 12.9. The largest absolute Gasteiger partial charge is 0.502 e. The molecule has 36 nitrogen and oxygen atoms in total. The van der Waals surface area contributed by atoms with Crippen LogP contribution in [0.25, 0.3) is 12.2 Å². The molecule has 10 rings (SSSR count). The molecule has 0 saturated carbocycles. The number of fused-ring (bicyclic) bond motifs is 1. The maximum absolute atomic E-state index is 13.3. The van der Waals surface area contributed by atoms with Gasteiger partial charge < -0.3 is 166 Å². The number of aliphatic hydroxyl groups excluding tert-OH is 12. The molecule has 4 aromatic rings. The average Bonchev–Trinajstić information content (AvgIpc) is 1.53.